The highest BCUT2D eigenvalue weighted by Gasteiger charge is 2.14. The number of hydrogen-bond acceptors (Lipinski definition) is 0. The van der Waals surface area contributed by atoms with Crippen molar-refractivity contribution in [1.82, 2.24) is 0 Å². The van der Waals surface area contributed by atoms with E-state index in [2.05, 4.69) is 0 Å². The van der Waals surface area contributed by atoms with Crippen LogP contribution in [0.4, 0.5) is 8.78 Å². The first-order valence-electron chi connectivity index (χ1n) is 5.71. The molecular weight excluding hydrogens is 254 g/mol. The lowest BCUT2D eigenvalue weighted by molar-refractivity contribution is 0.596. The zero-order valence-corrected chi connectivity index (χ0v) is 10.7. The monoisotopic (exact) mass is 266 g/mol. The lowest BCUT2D eigenvalue weighted by atomic mass is 10.0. The van der Waals surface area contributed by atoms with Crippen molar-refractivity contribution in [3.8, 4) is 0 Å². The molecule has 0 aliphatic carbocycles. The van der Waals surface area contributed by atoms with Crippen LogP contribution in [0.1, 0.15) is 22.1 Å². The van der Waals surface area contributed by atoms with Crippen LogP contribution in [-0.4, -0.2) is 0 Å². The number of halogens is 3. The molecule has 0 aliphatic rings. The molecule has 2 aromatic carbocycles. The second kappa shape index (κ2) is 5.49. The smallest absolute Gasteiger partial charge is 0.130 e. The minimum Gasteiger partial charge on any atom is -0.207 e. The van der Waals surface area contributed by atoms with Gasteiger partial charge in [0, 0.05) is 5.56 Å². The average Bonchev–Trinajstić information content (AvgIpc) is 2.35. The summed E-state index contributed by atoms with van der Waals surface area (Å²) in [7, 11) is 0. The molecule has 94 valence electrons. The van der Waals surface area contributed by atoms with Crippen molar-refractivity contribution in [2.24, 2.45) is 0 Å². The van der Waals surface area contributed by atoms with Crippen molar-refractivity contribution in [2.45, 2.75) is 18.7 Å². The Hall–Kier alpha value is -1.41. The zero-order chi connectivity index (χ0) is 13.1. The van der Waals surface area contributed by atoms with Crippen LogP contribution in [0, 0.1) is 18.6 Å². The maximum atomic E-state index is 13.9. The summed E-state index contributed by atoms with van der Waals surface area (Å²) in [5.41, 5.74) is 1.95. The second-order valence-corrected chi connectivity index (χ2v) is 4.80. The first-order chi connectivity index (χ1) is 8.58. The lowest BCUT2D eigenvalue weighted by Crippen LogP contribution is -2.00. The van der Waals surface area contributed by atoms with Crippen LogP contribution in [0.25, 0.3) is 0 Å². The van der Waals surface area contributed by atoms with E-state index in [-0.39, 0.29) is 11.6 Å². The number of hydrogen-bond donors (Lipinski definition) is 0. The van der Waals surface area contributed by atoms with Gasteiger partial charge in [-0.25, -0.2) is 8.78 Å². The van der Waals surface area contributed by atoms with Gasteiger partial charge in [0.1, 0.15) is 11.6 Å². The molecule has 0 radical (unpaired) electrons. The maximum absolute atomic E-state index is 13.9. The van der Waals surface area contributed by atoms with E-state index >= 15 is 0 Å². The van der Waals surface area contributed by atoms with Crippen molar-refractivity contribution >= 4 is 11.6 Å². The zero-order valence-electron chi connectivity index (χ0n) is 9.96. The van der Waals surface area contributed by atoms with Gasteiger partial charge >= 0.3 is 0 Å². The van der Waals surface area contributed by atoms with Crippen LogP contribution in [0.2, 0.25) is 0 Å². The van der Waals surface area contributed by atoms with Gasteiger partial charge in [0.15, 0.2) is 0 Å². The predicted molar refractivity (Wildman–Crippen MR) is 69.8 cm³/mol. The highest BCUT2D eigenvalue weighted by molar-refractivity contribution is 6.20. The number of rotatable bonds is 3. The molecule has 0 N–H and O–H groups in total. The molecule has 18 heavy (non-hydrogen) atoms. The van der Waals surface area contributed by atoms with Gasteiger partial charge in [-0.05, 0) is 36.6 Å². The summed E-state index contributed by atoms with van der Waals surface area (Å²) in [5.74, 6) is -0.550. The van der Waals surface area contributed by atoms with E-state index in [4.69, 9.17) is 11.6 Å². The van der Waals surface area contributed by atoms with Gasteiger partial charge in [0.25, 0.3) is 0 Å². The third-order valence-electron chi connectivity index (χ3n) is 2.89. The summed E-state index contributed by atoms with van der Waals surface area (Å²) in [6, 6.07) is 11.3. The van der Waals surface area contributed by atoms with Crippen molar-refractivity contribution in [3.05, 3.63) is 70.8 Å². The molecule has 0 bridgehead atoms. The third kappa shape index (κ3) is 2.88. The summed E-state index contributed by atoms with van der Waals surface area (Å²) in [4.78, 5) is 0. The largest absolute Gasteiger partial charge is 0.207 e. The third-order valence-corrected chi connectivity index (χ3v) is 3.28. The predicted octanol–water partition coefficient (Wildman–Crippen LogP) is 4.80. The fraction of sp³-hybridized carbons (Fsp3) is 0.200. The molecule has 0 aliphatic heterocycles. The van der Waals surface area contributed by atoms with Crippen LogP contribution in [0.15, 0.2) is 42.5 Å². The van der Waals surface area contributed by atoms with Crippen LogP contribution < -0.4 is 0 Å². The summed E-state index contributed by atoms with van der Waals surface area (Å²) in [5, 5.41) is -0.449. The standard InChI is InChI=1S/C15H13ClF2/c1-10-3-2-4-13(15(10)18)14(16)9-11-5-7-12(17)8-6-11/h2-8,14H,9H2,1H3. The minimum absolute atomic E-state index is 0.264. The Bertz CT molecular complexity index is 535. The molecule has 0 heterocycles. The van der Waals surface area contributed by atoms with Gasteiger partial charge in [-0.1, -0.05) is 30.3 Å². The van der Waals surface area contributed by atoms with Crippen molar-refractivity contribution < 1.29 is 8.78 Å². The van der Waals surface area contributed by atoms with Gasteiger partial charge < -0.3 is 0 Å². The number of aryl methyl sites for hydroxylation is 1. The molecule has 1 unspecified atom stereocenters. The number of alkyl halides is 1. The topological polar surface area (TPSA) is 0 Å². The molecule has 0 saturated heterocycles. The van der Waals surface area contributed by atoms with Gasteiger partial charge in [-0.2, -0.15) is 0 Å². The Morgan fingerprint density at radius 2 is 1.72 bits per heavy atom. The maximum Gasteiger partial charge on any atom is 0.130 e. The van der Waals surface area contributed by atoms with Crippen LogP contribution in [0.5, 0.6) is 0 Å². The SMILES string of the molecule is Cc1cccc(C(Cl)Cc2ccc(F)cc2)c1F. The van der Waals surface area contributed by atoms with Gasteiger partial charge in [0.2, 0.25) is 0 Å². The molecule has 0 spiro atoms. The lowest BCUT2D eigenvalue weighted by Gasteiger charge is -2.12. The second-order valence-electron chi connectivity index (χ2n) is 4.28. The van der Waals surface area contributed by atoms with Crippen molar-refractivity contribution in [2.75, 3.05) is 0 Å². The Morgan fingerprint density at radius 3 is 2.39 bits per heavy atom. The normalized spacial score (nSPS) is 12.4. The molecule has 0 aromatic heterocycles. The van der Waals surface area contributed by atoms with E-state index in [0.717, 1.165) is 5.56 Å². The van der Waals surface area contributed by atoms with E-state index in [9.17, 15) is 8.78 Å². The summed E-state index contributed by atoms with van der Waals surface area (Å²) < 4.78 is 26.6. The fourth-order valence-electron chi connectivity index (χ4n) is 1.85. The molecule has 0 nitrogen and oxygen atoms in total. The van der Waals surface area contributed by atoms with E-state index in [1.165, 1.54) is 12.1 Å². The average molecular weight is 267 g/mol. The highest BCUT2D eigenvalue weighted by atomic mass is 35.5. The van der Waals surface area contributed by atoms with Gasteiger partial charge in [0.05, 0.1) is 5.38 Å². The fourth-order valence-corrected chi connectivity index (χ4v) is 2.20. The minimum atomic E-state index is -0.449. The quantitative estimate of drug-likeness (QED) is 0.701. The molecule has 3 heteroatoms. The molecule has 2 rings (SSSR count). The van der Waals surface area contributed by atoms with Crippen LogP contribution in [0.3, 0.4) is 0 Å². The Kier molecular flexibility index (Phi) is 3.97. The Labute approximate surface area is 110 Å². The molecule has 2 aromatic rings. The summed E-state index contributed by atoms with van der Waals surface area (Å²) in [6.07, 6.45) is 0.474. The van der Waals surface area contributed by atoms with Gasteiger partial charge in [-0.3, -0.25) is 0 Å². The summed E-state index contributed by atoms with van der Waals surface area (Å²) in [6.45, 7) is 1.71. The first kappa shape index (κ1) is 13.0. The molecule has 0 fully saturated rings. The van der Waals surface area contributed by atoms with Crippen LogP contribution in [-0.2, 0) is 6.42 Å². The van der Waals surface area contributed by atoms with E-state index in [1.807, 2.05) is 0 Å². The van der Waals surface area contributed by atoms with Crippen molar-refractivity contribution in [3.63, 3.8) is 0 Å². The Morgan fingerprint density at radius 1 is 1.06 bits per heavy atom. The van der Waals surface area contributed by atoms with Crippen molar-refractivity contribution in [1.29, 1.82) is 0 Å². The van der Waals surface area contributed by atoms with Gasteiger partial charge in [-0.15, -0.1) is 11.6 Å². The molecule has 1 atom stereocenters. The summed E-state index contributed by atoms with van der Waals surface area (Å²) >= 11 is 6.22. The first-order valence-corrected chi connectivity index (χ1v) is 6.15. The van der Waals surface area contributed by atoms with E-state index in [0.29, 0.717) is 17.5 Å². The molecule has 0 amide bonds. The van der Waals surface area contributed by atoms with E-state index < -0.39 is 5.38 Å². The molecular formula is C15H13ClF2. The van der Waals surface area contributed by atoms with Crippen LogP contribution >= 0.6 is 11.6 Å². The highest BCUT2D eigenvalue weighted by Crippen LogP contribution is 2.28. The Balaban J connectivity index is 2.19. The van der Waals surface area contributed by atoms with E-state index in [1.54, 1.807) is 37.3 Å². The number of benzene rings is 2. The molecule has 0 saturated carbocycles.